The van der Waals surface area contributed by atoms with Crippen molar-refractivity contribution in [3.05, 3.63) is 36.0 Å². The Morgan fingerprint density at radius 1 is 1.47 bits per heavy atom. The number of methoxy groups -OCH3 is 1. The lowest BCUT2D eigenvalue weighted by atomic mass is 10.2. The van der Waals surface area contributed by atoms with Crippen molar-refractivity contribution >= 4 is 17.0 Å². The second kappa shape index (κ2) is 3.74. The van der Waals surface area contributed by atoms with Gasteiger partial charge >= 0.3 is 6.09 Å². The van der Waals surface area contributed by atoms with Crippen molar-refractivity contribution in [1.82, 2.24) is 4.57 Å². The summed E-state index contributed by atoms with van der Waals surface area (Å²) in [5, 5.41) is 9.87. The number of nitrogens with zero attached hydrogens (tertiary/aromatic N) is 1. The summed E-state index contributed by atoms with van der Waals surface area (Å²) in [6.45, 7) is -0.000651. The van der Waals surface area contributed by atoms with Crippen molar-refractivity contribution in [1.29, 1.82) is 0 Å². The van der Waals surface area contributed by atoms with Crippen LogP contribution in [0.4, 0.5) is 4.79 Å². The first kappa shape index (κ1) is 9.73. The van der Waals surface area contributed by atoms with E-state index in [9.17, 15) is 4.79 Å². The molecule has 0 radical (unpaired) electrons. The molecule has 1 heterocycles. The first-order chi connectivity index (χ1) is 7.26. The maximum atomic E-state index is 11.3. The molecular weight excluding hydrogens is 194 g/mol. The van der Waals surface area contributed by atoms with Gasteiger partial charge in [0.05, 0.1) is 19.2 Å². The Kier molecular flexibility index (Phi) is 2.43. The third-order valence-electron chi connectivity index (χ3n) is 2.31. The number of carbonyl (C=O) groups excluding carboxylic acids is 1. The zero-order valence-corrected chi connectivity index (χ0v) is 8.30. The smallest absolute Gasteiger partial charge is 0.418 e. The lowest BCUT2D eigenvalue weighted by molar-refractivity contribution is 0.174. The third-order valence-corrected chi connectivity index (χ3v) is 2.31. The molecule has 15 heavy (non-hydrogen) atoms. The molecule has 2 rings (SSSR count). The van der Waals surface area contributed by atoms with Gasteiger partial charge in [-0.15, -0.1) is 0 Å². The van der Waals surface area contributed by atoms with E-state index in [4.69, 9.17) is 5.11 Å². The van der Waals surface area contributed by atoms with Crippen molar-refractivity contribution in [3.8, 4) is 0 Å². The van der Waals surface area contributed by atoms with Gasteiger partial charge in [-0.1, -0.05) is 6.07 Å². The zero-order chi connectivity index (χ0) is 10.8. The summed E-state index contributed by atoms with van der Waals surface area (Å²) in [5.41, 5.74) is 1.60. The van der Waals surface area contributed by atoms with Crippen molar-refractivity contribution in [2.45, 2.75) is 6.61 Å². The average molecular weight is 205 g/mol. The van der Waals surface area contributed by atoms with Gasteiger partial charge in [-0.25, -0.2) is 4.79 Å². The SMILES string of the molecule is COC(=O)n1ccc2cc(CO)ccc21. The van der Waals surface area contributed by atoms with Gasteiger partial charge in [-0.2, -0.15) is 0 Å². The molecule has 0 aliphatic rings. The van der Waals surface area contributed by atoms with E-state index in [1.54, 1.807) is 18.3 Å². The molecule has 2 aromatic rings. The lowest BCUT2D eigenvalue weighted by Crippen LogP contribution is -2.09. The van der Waals surface area contributed by atoms with Crippen LogP contribution in [-0.2, 0) is 11.3 Å². The van der Waals surface area contributed by atoms with Crippen LogP contribution in [0.1, 0.15) is 5.56 Å². The fourth-order valence-electron chi connectivity index (χ4n) is 1.55. The molecule has 0 saturated heterocycles. The van der Waals surface area contributed by atoms with E-state index < -0.39 is 6.09 Å². The number of benzene rings is 1. The maximum absolute atomic E-state index is 11.3. The molecule has 4 heteroatoms. The zero-order valence-electron chi connectivity index (χ0n) is 8.30. The Morgan fingerprint density at radius 3 is 2.93 bits per heavy atom. The van der Waals surface area contributed by atoms with Gasteiger partial charge in [0, 0.05) is 11.6 Å². The van der Waals surface area contributed by atoms with Crippen LogP contribution in [0.15, 0.2) is 30.5 Å². The summed E-state index contributed by atoms with van der Waals surface area (Å²) >= 11 is 0. The summed E-state index contributed by atoms with van der Waals surface area (Å²) < 4.78 is 6.06. The Morgan fingerprint density at radius 2 is 2.27 bits per heavy atom. The van der Waals surface area contributed by atoms with Crippen LogP contribution in [0.25, 0.3) is 10.9 Å². The summed E-state index contributed by atoms with van der Waals surface area (Å²) in [6, 6.07) is 7.22. The number of fused-ring (bicyclic) bond motifs is 1. The molecule has 0 amide bonds. The summed E-state index contributed by atoms with van der Waals surface area (Å²) in [7, 11) is 1.34. The van der Waals surface area contributed by atoms with E-state index in [-0.39, 0.29) is 6.61 Å². The topological polar surface area (TPSA) is 51.5 Å². The highest BCUT2D eigenvalue weighted by Crippen LogP contribution is 2.17. The first-order valence-electron chi connectivity index (χ1n) is 4.55. The number of aliphatic hydroxyl groups is 1. The van der Waals surface area contributed by atoms with E-state index in [0.29, 0.717) is 0 Å². The minimum absolute atomic E-state index is 0.000651. The molecule has 1 aromatic carbocycles. The van der Waals surface area contributed by atoms with Crippen LogP contribution in [0.3, 0.4) is 0 Å². The van der Waals surface area contributed by atoms with E-state index in [1.165, 1.54) is 11.7 Å². The molecule has 0 atom stereocenters. The van der Waals surface area contributed by atoms with Crippen LogP contribution >= 0.6 is 0 Å². The van der Waals surface area contributed by atoms with Gasteiger partial charge in [0.25, 0.3) is 0 Å². The minimum atomic E-state index is -0.415. The Labute approximate surface area is 86.7 Å². The molecule has 0 unspecified atom stereocenters. The molecule has 0 saturated carbocycles. The molecule has 78 valence electrons. The van der Waals surface area contributed by atoms with Gasteiger partial charge in [0.2, 0.25) is 0 Å². The normalized spacial score (nSPS) is 10.5. The number of aliphatic hydroxyl groups excluding tert-OH is 1. The lowest BCUT2D eigenvalue weighted by Gasteiger charge is -2.02. The quantitative estimate of drug-likeness (QED) is 0.771. The van der Waals surface area contributed by atoms with Gasteiger partial charge in [-0.05, 0) is 23.8 Å². The van der Waals surface area contributed by atoms with Crippen molar-refractivity contribution < 1.29 is 14.6 Å². The molecule has 0 bridgehead atoms. The average Bonchev–Trinajstić information content (AvgIpc) is 2.70. The van der Waals surface area contributed by atoms with Crippen LogP contribution < -0.4 is 0 Å². The predicted molar refractivity (Wildman–Crippen MR) is 55.7 cm³/mol. The molecule has 0 fully saturated rings. The minimum Gasteiger partial charge on any atom is -0.452 e. The van der Waals surface area contributed by atoms with E-state index >= 15 is 0 Å². The van der Waals surface area contributed by atoms with Crippen LogP contribution in [0.5, 0.6) is 0 Å². The fraction of sp³-hybridized carbons (Fsp3) is 0.182. The monoisotopic (exact) mass is 205 g/mol. The number of hydrogen-bond acceptors (Lipinski definition) is 3. The predicted octanol–water partition coefficient (Wildman–Crippen LogP) is 1.75. The van der Waals surface area contributed by atoms with E-state index in [0.717, 1.165) is 16.5 Å². The highest BCUT2D eigenvalue weighted by molar-refractivity contribution is 5.89. The summed E-state index contributed by atoms with van der Waals surface area (Å²) in [5.74, 6) is 0. The van der Waals surface area contributed by atoms with Crippen molar-refractivity contribution in [3.63, 3.8) is 0 Å². The Hall–Kier alpha value is -1.81. The number of ether oxygens (including phenoxy) is 1. The fourth-order valence-corrected chi connectivity index (χ4v) is 1.55. The first-order valence-corrected chi connectivity index (χ1v) is 4.55. The number of rotatable bonds is 1. The summed E-state index contributed by atoms with van der Waals surface area (Å²) in [6.07, 6.45) is 1.24. The van der Waals surface area contributed by atoms with Gasteiger partial charge < -0.3 is 9.84 Å². The van der Waals surface area contributed by atoms with E-state index in [2.05, 4.69) is 4.74 Å². The van der Waals surface area contributed by atoms with Crippen molar-refractivity contribution in [2.75, 3.05) is 7.11 Å². The van der Waals surface area contributed by atoms with Crippen LogP contribution in [0, 0.1) is 0 Å². The molecule has 0 aliphatic carbocycles. The van der Waals surface area contributed by atoms with Gasteiger partial charge in [0.1, 0.15) is 0 Å². The second-order valence-corrected chi connectivity index (χ2v) is 3.21. The van der Waals surface area contributed by atoms with Crippen LogP contribution in [0.2, 0.25) is 0 Å². The van der Waals surface area contributed by atoms with Crippen molar-refractivity contribution in [2.24, 2.45) is 0 Å². The molecular formula is C11H11NO3. The van der Waals surface area contributed by atoms with Crippen LogP contribution in [-0.4, -0.2) is 22.9 Å². The van der Waals surface area contributed by atoms with Gasteiger partial charge in [-0.3, -0.25) is 4.57 Å². The number of carbonyl (C=O) groups is 1. The summed E-state index contributed by atoms with van der Waals surface area (Å²) in [4.78, 5) is 11.3. The molecule has 0 aliphatic heterocycles. The highest BCUT2D eigenvalue weighted by atomic mass is 16.5. The maximum Gasteiger partial charge on any atom is 0.418 e. The Balaban J connectivity index is 2.57. The second-order valence-electron chi connectivity index (χ2n) is 3.21. The molecule has 1 N–H and O–H groups in total. The number of aromatic nitrogens is 1. The largest absolute Gasteiger partial charge is 0.452 e. The third kappa shape index (κ3) is 1.59. The molecule has 1 aromatic heterocycles. The number of hydrogen-bond donors (Lipinski definition) is 1. The van der Waals surface area contributed by atoms with Gasteiger partial charge in [0.15, 0.2) is 0 Å². The molecule has 4 nitrogen and oxygen atoms in total. The standard InChI is InChI=1S/C11H11NO3/c1-15-11(14)12-5-4-9-6-8(7-13)2-3-10(9)12/h2-6,13H,7H2,1H3. The highest BCUT2D eigenvalue weighted by Gasteiger charge is 2.08. The molecule has 0 spiro atoms. The van der Waals surface area contributed by atoms with E-state index in [1.807, 2.05) is 12.1 Å². The Bertz CT molecular complexity index is 502.